The van der Waals surface area contributed by atoms with Crippen molar-refractivity contribution in [1.29, 1.82) is 0 Å². The van der Waals surface area contributed by atoms with Gasteiger partial charge in [0, 0.05) is 18.8 Å². The lowest BCUT2D eigenvalue weighted by atomic mass is 10.2. The molecule has 0 atom stereocenters. The minimum Gasteiger partial charge on any atom is -0.457 e. The number of hydrogen-bond donors (Lipinski definition) is 2. The van der Waals surface area contributed by atoms with Crippen molar-refractivity contribution in [1.82, 2.24) is 5.32 Å². The maximum Gasteiger partial charge on any atom is 0.407 e. The van der Waals surface area contributed by atoms with Crippen LogP contribution in [0.3, 0.4) is 0 Å². The molecule has 0 saturated heterocycles. The molecule has 0 unspecified atom stereocenters. The monoisotopic (exact) mass is 328 g/mol. The van der Waals surface area contributed by atoms with E-state index >= 15 is 0 Å². The van der Waals surface area contributed by atoms with Crippen LogP contribution in [0.2, 0.25) is 0 Å². The van der Waals surface area contributed by atoms with Gasteiger partial charge in [0.1, 0.15) is 17.1 Å². The number of carbonyl (C=O) groups is 1. The molecule has 0 aliphatic heterocycles. The second kappa shape index (κ2) is 8.24. The van der Waals surface area contributed by atoms with E-state index in [-0.39, 0.29) is 0 Å². The van der Waals surface area contributed by atoms with Crippen LogP contribution in [0.5, 0.6) is 11.5 Å². The summed E-state index contributed by atoms with van der Waals surface area (Å²) in [5.74, 6) is 1.58. The van der Waals surface area contributed by atoms with Crippen LogP contribution in [0.15, 0.2) is 54.6 Å². The molecule has 1 amide bonds. The number of anilines is 1. The number of alkyl carbamates (subject to hydrolysis) is 1. The Labute approximate surface area is 143 Å². The zero-order chi connectivity index (χ0) is 17.4. The molecular formula is C19H24N2O3. The van der Waals surface area contributed by atoms with Crippen LogP contribution >= 0.6 is 0 Å². The highest BCUT2D eigenvalue weighted by Gasteiger charge is 2.15. The van der Waals surface area contributed by atoms with Gasteiger partial charge in [0.15, 0.2) is 0 Å². The molecule has 0 bridgehead atoms. The molecule has 128 valence electrons. The summed E-state index contributed by atoms with van der Waals surface area (Å²) in [6.07, 6.45) is -0.407. The number of benzene rings is 2. The average molecular weight is 328 g/mol. The topological polar surface area (TPSA) is 59.6 Å². The Morgan fingerprint density at radius 2 is 1.54 bits per heavy atom. The SMILES string of the molecule is CC(C)(C)OC(=O)NCCNc1ccc(Oc2ccccc2)cc1. The van der Waals surface area contributed by atoms with Crippen molar-refractivity contribution in [2.45, 2.75) is 26.4 Å². The van der Waals surface area contributed by atoms with Crippen molar-refractivity contribution < 1.29 is 14.3 Å². The van der Waals surface area contributed by atoms with Gasteiger partial charge in [-0.2, -0.15) is 0 Å². The summed E-state index contributed by atoms with van der Waals surface area (Å²) >= 11 is 0. The number of rotatable bonds is 6. The number of carbonyl (C=O) groups excluding carboxylic acids is 1. The first-order chi connectivity index (χ1) is 11.4. The molecule has 5 nitrogen and oxygen atoms in total. The molecule has 0 fully saturated rings. The van der Waals surface area contributed by atoms with Crippen LogP contribution < -0.4 is 15.4 Å². The Bertz CT molecular complexity index is 634. The summed E-state index contributed by atoms with van der Waals surface area (Å²) < 4.78 is 10.9. The van der Waals surface area contributed by atoms with E-state index in [1.54, 1.807) is 0 Å². The maximum absolute atomic E-state index is 11.5. The molecule has 2 aromatic carbocycles. The Morgan fingerprint density at radius 3 is 2.17 bits per heavy atom. The summed E-state index contributed by atoms with van der Waals surface area (Å²) in [5, 5.41) is 5.93. The smallest absolute Gasteiger partial charge is 0.407 e. The third-order valence-electron chi connectivity index (χ3n) is 2.96. The van der Waals surface area contributed by atoms with Crippen molar-refractivity contribution in [2.24, 2.45) is 0 Å². The molecule has 0 aliphatic carbocycles. The van der Waals surface area contributed by atoms with Crippen molar-refractivity contribution in [3.05, 3.63) is 54.6 Å². The molecule has 0 heterocycles. The molecular weight excluding hydrogens is 304 g/mol. The van der Waals surface area contributed by atoms with Gasteiger partial charge in [0.25, 0.3) is 0 Å². The lowest BCUT2D eigenvalue weighted by Crippen LogP contribution is -2.34. The maximum atomic E-state index is 11.5. The van der Waals surface area contributed by atoms with E-state index in [4.69, 9.17) is 9.47 Å². The predicted octanol–water partition coefficient (Wildman–Crippen LogP) is 4.42. The van der Waals surface area contributed by atoms with Crippen LogP contribution in [0, 0.1) is 0 Å². The molecule has 0 aromatic heterocycles. The highest BCUT2D eigenvalue weighted by atomic mass is 16.6. The van der Waals surface area contributed by atoms with Gasteiger partial charge in [-0.05, 0) is 57.2 Å². The van der Waals surface area contributed by atoms with E-state index in [1.165, 1.54) is 0 Å². The molecule has 5 heteroatoms. The van der Waals surface area contributed by atoms with Crippen LogP contribution in [0.1, 0.15) is 20.8 Å². The quantitative estimate of drug-likeness (QED) is 0.771. The first-order valence-corrected chi connectivity index (χ1v) is 7.96. The minimum absolute atomic E-state index is 0.407. The molecule has 0 radical (unpaired) electrons. The van der Waals surface area contributed by atoms with E-state index in [2.05, 4.69) is 10.6 Å². The van der Waals surface area contributed by atoms with Crippen LogP contribution in [-0.4, -0.2) is 24.8 Å². The van der Waals surface area contributed by atoms with E-state index in [0.717, 1.165) is 17.2 Å². The van der Waals surface area contributed by atoms with Crippen molar-refractivity contribution in [3.63, 3.8) is 0 Å². The largest absolute Gasteiger partial charge is 0.457 e. The van der Waals surface area contributed by atoms with Gasteiger partial charge in [-0.3, -0.25) is 0 Å². The molecule has 2 rings (SSSR count). The zero-order valence-corrected chi connectivity index (χ0v) is 14.3. The Balaban J connectivity index is 1.71. The number of ether oxygens (including phenoxy) is 2. The summed E-state index contributed by atoms with van der Waals surface area (Å²) in [6.45, 7) is 6.60. The fourth-order valence-corrected chi connectivity index (χ4v) is 1.95. The molecule has 2 N–H and O–H groups in total. The summed E-state index contributed by atoms with van der Waals surface area (Å²) in [7, 11) is 0. The Kier molecular flexibility index (Phi) is 6.07. The third-order valence-corrected chi connectivity index (χ3v) is 2.96. The summed E-state index contributed by atoms with van der Waals surface area (Å²) in [4.78, 5) is 11.5. The highest BCUT2D eigenvalue weighted by molar-refractivity contribution is 5.67. The van der Waals surface area contributed by atoms with Crippen LogP contribution in [-0.2, 0) is 4.74 Å². The van der Waals surface area contributed by atoms with Gasteiger partial charge in [-0.25, -0.2) is 4.79 Å². The second-order valence-corrected chi connectivity index (χ2v) is 6.29. The number of para-hydroxylation sites is 1. The first-order valence-electron chi connectivity index (χ1n) is 7.96. The Hall–Kier alpha value is -2.69. The number of amides is 1. The van der Waals surface area contributed by atoms with E-state index in [9.17, 15) is 4.79 Å². The first kappa shape index (κ1) is 17.7. The van der Waals surface area contributed by atoms with Gasteiger partial charge in [-0.1, -0.05) is 18.2 Å². The van der Waals surface area contributed by atoms with Gasteiger partial charge in [0.2, 0.25) is 0 Å². The summed E-state index contributed by atoms with van der Waals surface area (Å²) in [5.41, 5.74) is 0.480. The van der Waals surface area contributed by atoms with Gasteiger partial charge >= 0.3 is 6.09 Å². The summed E-state index contributed by atoms with van der Waals surface area (Å²) in [6, 6.07) is 17.3. The number of nitrogens with one attached hydrogen (secondary N) is 2. The fourth-order valence-electron chi connectivity index (χ4n) is 1.95. The van der Waals surface area contributed by atoms with Gasteiger partial charge < -0.3 is 20.1 Å². The lowest BCUT2D eigenvalue weighted by molar-refractivity contribution is 0.0530. The van der Waals surface area contributed by atoms with E-state index in [1.807, 2.05) is 75.4 Å². The van der Waals surface area contributed by atoms with Crippen molar-refractivity contribution >= 4 is 11.8 Å². The molecule has 0 spiro atoms. The van der Waals surface area contributed by atoms with E-state index in [0.29, 0.717) is 13.1 Å². The molecule has 0 aliphatic rings. The van der Waals surface area contributed by atoms with Crippen LogP contribution in [0.25, 0.3) is 0 Å². The number of hydrogen-bond acceptors (Lipinski definition) is 4. The highest BCUT2D eigenvalue weighted by Crippen LogP contribution is 2.22. The lowest BCUT2D eigenvalue weighted by Gasteiger charge is -2.19. The molecule has 0 saturated carbocycles. The molecule has 24 heavy (non-hydrogen) atoms. The van der Waals surface area contributed by atoms with Gasteiger partial charge in [-0.15, -0.1) is 0 Å². The van der Waals surface area contributed by atoms with Gasteiger partial charge in [0.05, 0.1) is 0 Å². The van der Waals surface area contributed by atoms with Crippen LogP contribution in [0.4, 0.5) is 10.5 Å². The third kappa shape index (κ3) is 6.60. The standard InChI is InChI=1S/C19H24N2O3/c1-19(2,3)24-18(22)21-14-13-20-15-9-11-17(12-10-15)23-16-7-5-4-6-8-16/h4-12,20H,13-14H2,1-3H3,(H,21,22). The second-order valence-electron chi connectivity index (χ2n) is 6.29. The minimum atomic E-state index is -0.480. The van der Waals surface area contributed by atoms with Crippen molar-refractivity contribution in [3.8, 4) is 11.5 Å². The Morgan fingerprint density at radius 1 is 0.917 bits per heavy atom. The normalized spacial score (nSPS) is 10.8. The van der Waals surface area contributed by atoms with Crippen molar-refractivity contribution in [2.75, 3.05) is 18.4 Å². The fraction of sp³-hybridized carbons (Fsp3) is 0.316. The predicted molar refractivity (Wildman–Crippen MR) is 95.7 cm³/mol. The zero-order valence-electron chi connectivity index (χ0n) is 14.3. The average Bonchev–Trinajstić information content (AvgIpc) is 2.52. The van der Waals surface area contributed by atoms with E-state index < -0.39 is 11.7 Å². The molecule has 2 aromatic rings.